The minimum atomic E-state index is -0.574. The summed E-state index contributed by atoms with van der Waals surface area (Å²) in [6.07, 6.45) is 0. The van der Waals surface area contributed by atoms with E-state index in [1.54, 1.807) is 0 Å². The molecule has 0 aromatic heterocycles. The molecule has 0 aliphatic carbocycles. The molecule has 0 saturated heterocycles. The Balaban J connectivity index is 0.000000461. The second kappa shape index (κ2) is 4.96. The molecule has 60 valence electrons. The van der Waals surface area contributed by atoms with Crippen molar-refractivity contribution in [2.45, 2.75) is 0 Å². The van der Waals surface area contributed by atoms with Crippen LogP contribution in [-0.2, 0) is 4.79 Å². The van der Waals surface area contributed by atoms with Crippen molar-refractivity contribution in [1.82, 2.24) is 0 Å². The first-order valence-electron chi connectivity index (χ1n) is 2.59. The normalized spacial score (nSPS) is 8.27. The zero-order valence-corrected chi connectivity index (χ0v) is 7.07. The number of halogens is 3. The molecule has 0 spiro atoms. The number of hydrogen-bond acceptors (Lipinski definition) is 1. The van der Waals surface area contributed by atoms with Crippen molar-refractivity contribution >= 4 is 22.7 Å². The van der Waals surface area contributed by atoms with E-state index in [9.17, 15) is 8.78 Å². The first-order chi connectivity index (χ1) is 5.20. The zero-order chi connectivity index (χ0) is 8.85. The van der Waals surface area contributed by atoms with Gasteiger partial charge >= 0.3 is 0 Å². The van der Waals surface area contributed by atoms with Gasteiger partial charge in [-0.3, -0.25) is 0 Å². The summed E-state index contributed by atoms with van der Waals surface area (Å²) in [5.74, 6) is -1.13. The first-order valence-corrected chi connectivity index (χ1v) is 3.39. The average molecular weight is 223 g/mol. The summed E-state index contributed by atoms with van der Waals surface area (Å²) < 4.78 is 24.7. The van der Waals surface area contributed by atoms with Gasteiger partial charge in [-0.2, -0.15) is 0 Å². The lowest BCUT2D eigenvalue weighted by Gasteiger charge is -1.90. The predicted molar refractivity (Wildman–Crippen MR) is 41.2 cm³/mol. The number of rotatable bonds is 0. The van der Waals surface area contributed by atoms with E-state index in [2.05, 4.69) is 15.9 Å². The number of carbonyl (C=O) groups excluding carboxylic acids is 1. The van der Waals surface area contributed by atoms with E-state index in [-0.39, 0.29) is 4.47 Å². The highest BCUT2D eigenvalue weighted by Crippen LogP contribution is 2.14. The van der Waals surface area contributed by atoms with Crippen LogP contribution in [0, 0.1) is 11.6 Å². The standard InChI is InChI=1S/C6H3BrF2.CH2O/c7-5-2-1-4(8)3-6(5)9;1-2/h1-3H;1H2. The zero-order valence-electron chi connectivity index (χ0n) is 5.48. The Morgan fingerprint density at radius 1 is 1.27 bits per heavy atom. The summed E-state index contributed by atoms with van der Waals surface area (Å²) in [7, 11) is 0. The fraction of sp³-hybridized carbons (Fsp3) is 0. The molecule has 0 amide bonds. The maximum atomic E-state index is 12.3. The van der Waals surface area contributed by atoms with Crippen LogP contribution < -0.4 is 0 Å². The van der Waals surface area contributed by atoms with Gasteiger partial charge < -0.3 is 4.79 Å². The largest absolute Gasteiger partial charge is 0.307 e. The molecule has 0 heterocycles. The second-order valence-electron chi connectivity index (χ2n) is 1.56. The first kappa shape index (κ1) is 10.2. The van der Waals surface area contributed by atoms with Crippen LogP contribution in [0.3, 0.4) is 0 Å². The number of hydrogen-bond donors (Lipinski definition) is 0. The van der Waals surface area contributed by atoms with Gasteiger partial charge in [-0.25, -0.2) is 8.78 Å². The van der Waals surface area contributed by atoms with E-state index in [4.69, 9.17) is 4.79 Å². The summed E-state index contributed by atoms with van der Waals surface area (Å²) in [6.45, 7) is 2.00. The van der Waals surface area contributed by atoms with Gasteiger partial charge in [0.2, 0.25) is 0 Å². The molecule has 0 aliphatic heterocycles. The molecule has 0 saturated carbocycles. The van der Waals surface area contributed by atoms with Crippen molar-refractivity contribution in [1.29, 1.82) is 0 Å². The van der Waals surface area contributed by atoms with Crippen molar-refractivity contribution in [3.63, 3.8) is 0 Å². The van der Waals surface area contributed by atoms with Gasteiger partial charge in [0, 0.05) is 6.07 Å². The van der Waals surface area contributed by atoms with Crippen LogP contribution in [0.1, 0.15) is 0 Å². The third-order valence-electron chi connectivity index (χ3n) is 0.882. The quantitative estimate of drug-likeness (QED) is 0.617. The van der Waals surface area contributed by atoms with Gasteiger partial charge in [-0.05, 0) is 28.1 Å². The summed E-state index contributed by atoms with van der Waals surface area (Å²) in [4.78, 5) is 8.00. The molecule has 0 N–H and O–H groups in total. The van der Waals surface area contributed by atoms with E-state index >= 15 is 0 Å². The third kappa shape index (κ3) is 3.23. The van der Waals surface area contributed by atoms with E-state index in [0.717, 1.165) is 6.07 Å². The topological polar surface area (TPSA) is 17.1 Å². The van der Waals surface area contributed by atoms with E-state index in [1.807, 2.05) is 6.79 Å². The molecule has 0 radical (unpaired) electrons. The van der Waals surface area contributed by atoms with Gasteiger partial charge in [-0.1, -0.05) is 0 Å². The maximum Gasteiger partial charge on any atom is 0.140 e. The highest BCUT2D eigenvalue weighted by molar-refractivity contribution is 9.10. The van der Waals surface area contributed by atoms with E-state index < -0.39 is 11.6 Å². The maximum absolute atomic E-state index is 12.3. The van der Waals surface area contributed by atoms with Crippen LogP contribution in [0.5, 0.6) is 0 Å². The van der Waals surface area contributed by atoms with E-state index in [0.29, 0.717) is 0 Å². The lowest BCUT2D eigenvalue weighted by atomic mass is 10.3. The van der Waals surface area contributed by atoms with Crippen LogP contribution in [0.4, 0.5) is 8.78 Å². The Morgan fingerprint density at radius 3 is 2.18 bits per heavy atom. The molecule has 1 rings (SSSR count). The van der Waals surface area contributed by atoms with Gasteiger partial charge in [0.25, 0.3) is 0 Å². The minimum absolute atomic E-state index is 0.281. The summed E-state index contributed by atoms with van der Waals surface area (Å²) >= 11 is 2.89. The molecule has 0 bridgehead atoms. The highest BCUT2D eigenvalue weighted by atomic mass is 79.9. The second-order valence-corrected chi connectivity index (χ2v) is 2.41. The summed E-state index contributed by atoms with van der Waals surface area (Å²) in [5, 5.41) is 0. The molecule has 4 heteroatoms. The highest BCUT2D eigenvalue weighted by Gasteiger charge is 1.97. The monoisotopic (exact) mass is 222 g/mol. The van der Waals surface area contributed by atoms with Crippen LogP contribution in [0.2, 0.25) is 0 Å². The Morgan fingerprint density at radius 2 is 1.82 bits per heavy atom. The fourth-order valence-corrected chi connectivity index (χ4v) is 0.717. The molecule has 1 aromatic carbocycles. The number of benzene rings is 1. The van der Waals surface area contributed by atoms with Gasteiger partial charge in [-0.15, -0.1) is 0 Å². The SMILES string of the molecule is C=O.Fc1ccc(Br)c(F)c1. The van der Waals surface area contributed by atoms with Crippen molar-refractivity contribution in [3.8, 4) is 0 Å². The lowest BCUT2D eigenvalue weighted by molar-refractivity contribution is -0.0979. The Hall–Kier alpha value is -0.770. The van der Waals surface area contributed by atoms with Crippen molar-refractivity contribution < 1.29 is 13.6 Å². The van der Waals surface area contributed by atoms with E-state index in [1.165, 1.54) is 12.1 Å². The average Bonchev–Trinajstić information content (AvgIpc) is 2.02. The molecule has 0 unspecified atom stereocenters. The Labute approximate surface area is 71.2 Å². The smallest absolute Gasteiger partial charge is 0.140 e. The number of carbonyl (C=O) groups is 1. The fourth-order valence-electron chi connectivity index (χ4n) is 0.470. The molecule has 11 heavy (non-hydrogen) atoms. The predicted octanol–water partition coefficient (Wildman–Crippen LogP) is 2.54. The van der Waals surface area contributed by atoms with Crippen LogP contribution >= 0.6 is 15.9 Å². The summed E-state index contributed by atoms with van der Waals surface area (Å²) in [5.41, 5.74) is 0. The Kier molecular flexibility index (Phi) is 4.61. The van der Waals surface area contributed by atoms with Crippen LogP contribution in [0.15, 0.2) is 22.7 Å². The molecular formula is C7H5BrF2O. The van der Waals surface area contributed by atoms with Crippen molar-refractivity contribution in [3.05, 3.63) is 34.3 Å². The van der Waals surface area contributed by atoms with Crippen LogP contribution in [-0.4, -0.2) is 6.79 Å². The third-order valence-corrected chi connectivity index (χ3v) is 1.52. The molecular weight excluding hydrogens is 218 g/mol. The van der Waals surface area contributed by atoms with Gasteiger partial charge in [0.1, 0.15) is 18.4 Å². The Bertz CT molecular complexity index is 240. The molecule has 1 aromatic rings. The molecule has 1 nitrogen and oxygen atoms in total. The summed E-state index contributed by atoms with van der Waals surface area (Å²) in [6, 6.07) is 3.34. The molecule has 0 aliphatic rings. The minimum Gasteiger partial charge on any atom is -0.307 e. The van der Waals surface area contributed by atoms with Crippen molar-refractivity contribution in [2.24, 2.45) is 0 Å². The van der Waals surface area contributed by atoms with Gasteiger partial charge in [0.05, 0.1) is 4.47 Å². The van der Waals surface area contributed by atoms with Crippen LogP contribution in [0.25, 0.3) is 0 Å². The molecule has 0 atom stereocenters. The van der Waals surface area contributed by atoms with Gasteiger partial charge in [0.15, 0.2) is 0 Å². The molecule has 0 fully saturated rings. The lowest BCUT2D eigenvalue weighted by Crippen LogP contribution is -1.78. The van der Waals surface area contributed by atoms with Crippen molar-refractivity contribution in [2.75, 3.05) is 0 Å².